The summed E-state index contributed by atoms with van der Waals surface area (Å²) in [5.41, 5.74) is 1.28. The van der Waals surface area contributed by atoms with E-state index in [4.69, 9.17) is 16.3 Å². The quantitative estimate of drug-likeness (QED) is 0.788. The van der Waals surface area contributed by atoms with Crippen LogP contribution in [-0.4, -0.2) is 39.3 Å². The lowest BCUT2D eigenvalue weighted by atomic mass is 9.98. The Morgan fingerprint density at radius 2 is 1.93 bits per heavy atom. The molecule has 1 aliphatic heterocycles. The first-order valence-electron chi connectivity index (χ1n) is 8.04. The molecule has 27 heavy (non-hydrogen) atoms. The van der Waals surface area contributed by atoms with Crippen molar-refractivity contribution >= 4 is 33.4 Å². The molecule has 7 nitrogen and oxygen atoms in total. The van der Waals surface area contributed by atoms with Crippen LogP contribution < -0.4 is 10.6 Å². The molecule has 2 amide bonds. The Morgan fingerprint density at radius 1 is 1.22 bits per heavy atom. The van der Waals surface area contributed by atoms with Gasteiger partial charge in [-0.05, 0) is 35.4 Å². The highest BCUT2D eigenvalue weighted by Gasteiger charge is 2.31. The molecule has 2 N–H and O–H groups in total. The second-order valence-electron chi connectivity index (χ2n) is 6.11. The van der Waals surface area contributed by atoms with Crippen molar-refractivity contribution in [1.82, 2.24) is 10.6 Å². The fraction of sp³-hybridized carbons (Fsp3) is 0.222. The summed E-state index contributed by atoms with van der Waals surface area (Å²) in [6.45, 7) is 0.0708. The molecule has 0 aliphatic carbocycles. The van der Waals surface area contributed by atoms with Gasteiger partial charge in [0.05, 0.1) is 17.5 Å². The van der Waals surface area contributed by atoms with Gasteiger partial charge in [-0.3, -0.25) is 4.79 Å². The van der Waals surface area contributed by atoms with Crippen LogP contribution in [0.1, 0.15) is 17.2 Å². The van der Waals surface area contributed by atoms with Crippen molar-refractivity contribution in [1.29, 1.82) is 0 Å². The van der Waals surface area contributed by atoms with Crippen LogP contribution in [0.5, 0.6) is 0 Å². The van der Waals surface area contributed by atoms with Crippen molar-refractivity contribution in [2.24, 2.45) is 0 Å². The number of ether oxygens (including phenoxy) is 1. The lowest BCUT2D eigenvalue weighted by Crippen LogP contribution is -2.39. The van der Waals surface area contributed by atoms with E-state index in [1.165, 1.54) is 12.1 Å². The van der Waals surface area contributed by atoms with E-state index in [9.17, 15) is 18.0 Å². The number of cyclic esters (lactones) is 1. The van der Waals surface area contributed by atoms with Crippen LogP contribution in [0.25, 0.3) is 0 Å². The Kier molecular flexibility index (Phi) is 5.38. The molecule has 1 heterocycles. The number of carbonyl (C=O) groups is 2. The van der Waals surface area contributed by atoms with Gasteiger partial charge in [-0.15, -0.1) is 0 Å². The number of carbonyl (C=O) groups excluding carboxylic acids is 2. The van der Waals surface area contributed by atoms with Crippen LogP contribution >= 0.6 is 11.6 Å². The zero-order chi connectivity index (χ0) is 19.6. The van der Waals surface area contributed by atoms with Gasteiger partial charge in [-0.25, -0.2) is 13.2 Å². The molecule has 1 saturated heterocycles. The SMILES string of the molecule is CS(=O)(=O)c1cccc(C(NC(=O)[C@@H]2CNC(=O)O2)c2ccc(Cl)cc2)c1. The summed E-state index contributed by atoms with van der Waals surface area (Å²) in [6, 6.07) is 12.5. The molecule has 142 valence electrons. The lowest BCUT2D eigenvalue weighted by Gasteiger charge is -2.22. The van der Waals surface area contributed by atoms with E-state index in [1.807, 2.05) is 0 Å². The third kappa shape index (κ3) is 4.58. The Bertz CT molecular complexity index is 976. The molecule has 0 spiro atoms. The molecule has 2 atom stereocenters. The topological polar surface area (TPSA) is 102 Å². The minimum absolute atomic E-state index is 0.0708. The summed E-state index contributed by atoms with van der Waals surface area (Å²) in [4.78, 5) is 23.8. The van der Waals surface area contributed by atoms with Gasteiger partial charge in [-0.2, -0.15) is 0 Å². The summed E-state index contributed by atoms with van der Waals surface area (Å²) < 4.78 is 28.7. The molecule has 0 saturated carbocycles. The largest absolute Gasteiger partial charge is 0.434 e. The first kappa shape index (κ1) is 19.2. The molecule has 2 aromatic rings. The Labute approximate surface area is 161 Å². The first-order valence-corrected chi connectivity index (χ1v) is 10.3. The van der Waals surface area contributed by atoms with Crippen LogP contribution in [0.4, 0.5) is 4.79 Å². The van der Waals surface area contributed by atoms with Crippen molar-refractivity contribution in [3.8, 4) is 0 Å². The minimum atomic E-state index is -3.41. The van der Waals surface area contributed by atoms with E-state index in [0.717, 1.165) is 6.26 Å². The zero-order valence-electron chi connectivity index (χ0n) is 14.3. The van der Waals surface area contributed by atoms with E-state index in [2.05, 4.69) is 10.6 Å². The van der Waals surface area contributed by atoms with Gasteiger partial charge in [0, 0.05) is 11.3 Å². The van der Waals surface area contributed by atoms with Crippen LogP contribution in [-0.2, 0) is 19.4 Å². The number of hydrogen-bond acceptors (Lipinski definition) is 5. The molecule has 1 fully saturated rings. The third-order valence-corrected chi connectivity index (χ3v) is 5.45. The molecular weight excluding hydrogens is 392 g/mol. The maximum atomic E-state index is 12.5. The van der Waals surface area contributed by atoms with Crippen LogP contribution in [0.2, 0.25) is 5.02 Å². The molecule has 1 aliphatic rings. The number of alkyl carbamates (subject to hydrolysis) is 1. The average molecular weight is 409 g/mol. The summed E-state index contributed by atoms with van der Waals surface area (Å²) in [7, 11) is -3.41. The molecule has 0 bridgehead atoms. The lowest BCUT2D eigenvalue weighted by molar-refractivity contribution is -0.128. The fourth-order valence-electron chi connectivity index (χ4n) is 2.71. The predicted molar refractivity (Wildman–Crippen MR) is 99.3 cm³/mol. The number of benzene rings is 2. The van der Waals surface area contributed by atoms with Gasteiger partial charge in [0.15, 0.2) is 15.9 Å². The normalized spacial score (nSPS) is 17.7. The first-order chi connectivity index (χ1) is 12.7. The number of amides is 2. The summed E-state index contributed by atoms with van der Waals surface area (Å²) >= 11 is 5.94. The molecule has 3 rings (SSSR count). The second-order valence-corrected chi connectivity index (χ2v) is 8.56. The zero-order valence-corrected chi connectivity index (χ0v) is 15.9. The van der Waals surface area contributed by atoms with Gasteiger partial charge in [0.2, 0.25) is 0 Å². The monoisotopic (exact) mass is 408 g/mol. The molecule has 0 aromatic heterocycles. The van der Waals surface area contributed by atoms with Crippen LogP contribution in [0.15, 0.2) is 53.4 Å². The Morgan fingerprint density at radius 3 is 2.52 bits per heavy atom. The van der Waals surface area contributed by atoms with Crippen molar-refractivity contribution in [2.75, 3.05) is 12.8 Å². The smallest absolute Gasteiger partial charge is 0.408 e. The highest BCUT2D eigenvalue weighted by atomic mass is 35.5. The molecule has 1 unspecified atom stereocenters. The number of sulfone groups is 1. The van der Waals surface area contributed by atoms with E-state index in [1.54, 1.807) is 36.4 Å². The summed E-state index contributed by atoms with van der Waals surface area (Å²) in [5.74, 6) is -0.488. The second kappa shape index (κ2) is 7.58. The van der Waals surface area contributed by atoms with E-state index >= 15 is 0 Å². The summed E-state index contributed by atoms with van der Waals surface area (Å²) in [6.07, 6.45) is -0.492. The summed E-state index contributed by atoms with van der Waals surface area (Å²) in [5, 5.41) is 5.77. The molecular formula is C18H17ClN2O5S. The standard InChI is InChI=1S/C18H17ClN2O5S/c1-27(24,25)14-4-2-3-12(9-14)16(11-5-7-13(19)8-6-11)21-17(22)15-10-20-18(23)26-15/h2-9,15-16H,10H2,1H3,(H,20,23)(H,21,22)/t15-,16?/m0/s1. The van der Waals surface area contributed by atoms with Crippen molar-refractivity contribution in [2.45, 2.75) is 17.0 Å². The fourth-order valence-corrected chi connectivity index (χ4v) is 3.51. The van der Waals surface area contributed by atoms with Gasteiger partial charge in [0.1, 0.15) is 0 Å². The highest BCUT2D eigenvalue weighted by molar-refractivity contribution is 7.90. The molecule has 9 heteroatoms. The number of hydrogen-bond donors (Lipinski definition) is 2. The molecule has 0 radical (unpaired) electrons. The van der Waals surface area contributed by atoms with Gasteiger partial charge >= 0.3 is 6.09 Å². The third-order valence-electron chi connectivity index (χ3n) is 4.08. The predicted octanol–water partition coefficient (Wildman–Crippen LogP) is 2.06. The number of nitrogens with one attached hydrogen (secondary N) is 2. The number of halogens is 1. The van der Waals surface area contributed by atoms with Crippen molar-refractivity contribution in [3.63, 3.8) is 0 Å². The van der Waals surface area contributed by atoms with Crippen LogP contribution in [0.3, 0.4) is 0 Å². The number of rotatable bonds is 5. The molecule has 2 aromatic carbocycles. The van der Waals surface area contributed by atoms with Crippen molar-refractivity contribution < 1.29 is 22.7 Å². The minimum Gasteiger partial charge on any atom is -0.434 e. The average Bonchev–Trinajstić information content (AvgIpc) is 3.06. The van der Waals surface area contributed by atoms with Gasteiger partial charge in [0.25, 0.3) is 5.91 Å². The van der Waals surface area contributed by atoms with Gasteiger partial charge in [-0.1, -0.05) is 35.9 Å². The Hall–Kier alpha value is -2.58. The van der Waals surface area contributed by atoms with Gasteiger partial charge < -0.3 is 15.4 Å². The highest BCUT2D eigenvalue weighted by Crippen LogP contribution is 2.26. The Balaban J connectivity index is 1.96. The van der Waals surface area contributed by atoms with E-state index in [0.29, 0.717) is 16.1 Å². The van der Waals surface area contributed by atoms with Crippen LogP contribution in [0, 0.1) is 0 Å². The van der Waals surface area contributed by atoms with E-state index in [-0.39, 0.29) is 11.4 Å². The van der Waals surface area contributed by atoms with E-state index < -0.39 is 34.0 Å². The maximum absolute atomic E-state index is 12.5. The van der Waals surface area contributed by atoms with Crippen molar-refractivity contribution in [3.05, 3.63) is 64.7 Å². The maximum Gasteiger partial charge on any atom is 0.408 e.